The van der Waals surface area contributed by atoms with Gasteiger partial charge in [-0.1, -0.05) is 36.1 Å². The molecule has 0 spiro atoms. The Labute approximate surface area is 163 Å². The number of hydrogen-bond donors (Lipinski definition) is 1. The summed E-state index contributed by atoms with van der Waals surface area (Å²) in [6.07, 6.45) is 1.56. The van der Waals surface area contributed by atoms with Gasteiger partial charge in [-0.05, 0) is 35.9 Å². The largest absolute Gasteiger partial charge is 0.379 e. The topological polar surface area (TPSA) is 116 Å². The van der Waals surface area contributed by atoms with Gasteiger partial charge in [0, 0.05) is 12.1 Å². The Bertz CT molecular complexity index is 1080. The summed E-state index contributed by atoms with van der Waals surface area (Å²) in [5, 5.41) is 13.1. The summed E-state index contributed by atoms with van der Waals surface area (Å²) in [6.45, 7) is 0. The summed E-state index contributed by atoms with van der Waals surface area (Å²) in [7, 11) is -4.17. The highest BCUT2D eigenvalue weighted by Gasteiger charge is 2.22. The van der Waals surface area contributed by atoms with Crippen LogP contribution in [0.3, 0.4) is 0 Å². The fourth-order valence-corrected chi connectivity index (χ4v) is 4.10. The summed E-state index contributed by atoms with van der Waals surface area (Å²) < 4.78 is 30.1. The zero-order chi connectivity index (χ0) is 19.6. The van der Waals surface area contributed by atoms with E-state index in [0.29, 0.717) is 14.8 Å². The lowest BCUT2D eigenvalue weighted by molar-refractivity contribution is -0.384. The molecule has 1 saturated heterocycles. The molecule has 27 heavy (non-hydrogen) atoms. The number of nitrogens with one attached hydrogen (secondary N) is 1. The van der Waals surface area contributed by atoms with Gasteiger partial charge in [0.15, 0.2) is 0 Å². The highest BCUT2D eigenvalue weighted by atomic mass is 32.2. The lowest BCUT2D eigenvalue weighted by atomic mass is 10.2. The molecule has 1 amide bonds. The van der Waals surface area contributed by atoms with Gasteiger partial charge in [0.1, 0.15) is 15.0 Å². The van der Waals surface area contributed by atoms with E-state index in [2.05, 4.69) is 5.32 Å². The lowest BCUT2D eigenvalue weighted by Crippen LogP contribution is -2.17. The number of hydrogen-bond acceptors (Lipinski definition) is 8. The summed E-state index contributed by atoms with van der Waals surface area (Å²) >= 11 is 6.02. The molecule has 0 unspecified atom stereocenters. The van der Waals surface area contributed by atoms with Crippen LogP contribution in [-0.4, -0.2) is 23.6 Å². The molecule has 138 valence electrons. The molecule has 2 aromatic carbocycles. The van der Waals surface area contributed by atoms with E-state index in [1.165, 1.54) is 12.1 Å². The maximum atomic E-state index is 12.3. The number of benzene rings is 2. The zero-order valence-electron chi connectivity index (χ0n) is 13.3. The van der Waals surface area contributed by atoms with Gasteiger partial charge in [0.25, 0.3) is 11.6 Å². The van der Waals surface area contributed by atoms with Crippen molar-refractivity contribution < 1.29 is 22.3 Å². The van der Waals surface area contributed by atoms with Crippen molar-refractivity contribution in [2.24, 2.45) is 0 Å². The molecule has 1 aliphatic rings. The molecule has 0 aliphatic carbocycles. The predicted octanol–water partition coefficient (Wildman–Crippen LogP) is 2.85. The molecule has 0 aromatic heterocycles. The SMILES string of the molecule is O=C1NC(=S)S/C1=C\c1cccc(OS(=O)(=O)c2ccc([N+](=O)[O-])cc2)c1. The molecular weight excluding hydrogens is 412 g/mol. The van der Waals surface area contributed by atoms with E-state index in [1.54, 1.807) is 18.2 Å². The quantitative estimate of drug-likeness (QED) is 0.257. The third-order valence-electron chi connectivity index (χ3n) is 3.34. The number of carbonyl (C=O) groups is 1. The standard InChI is InChI=1S/C16H10N2O6S3/c19-15-14(26-16(25)17-15)9-10-2-1-3-12(8-10)24-27(22,23)13-6-4-11(5-7-13)18(20)21/h1-9H,(H,17,19,25)/b14-9-. The summed E-state index contributed by atoms with van der Waals surface area (Å²) in [5.74, 6) is -0.288. The minimum atomic E-state index is -4.17. The molecule has 0 bridgehead atoms. The van der Waals surface area contributed by atoms with Crippen LogP contribution in [0.5, 0.6) is 5.75 Å². The van der Waals surface area contributed by atoms with Gasteiger partial charge in [-0.2, -0.15) is 8.42 Å². The molecule has 3 rings (SSSR count). The van der Waals surface area contributed by atoms with Crippen molar-refractivity contribution in [3.63, 3.8) is 0 Å². The number of thiocarbonyl (C=S) groups is 1. The Hall–Kier alpha value is -2.76. The van der Waals surface area contributed by atoms with Crippen molar-refractivity contribution in [1.29, 1.82) is 0 Å². The normalized spacial score (nSPS) is 15.6. The van der Waals surface area contributed by atoms with E-state index in [1.807, 2.05) is 0 Å². The third-order valence-corrected chi connectivity index (χ3v) is 5.76. The zero-order valence-corrected chi connectivity index (χ0v) is 15.8. The van der Waals surface area contributed by atoms with E-state index < -0.39 is 15.0 Å². The lowest BCUT2D eigenvalue weighted by Gasteiger charge is -2.07. The Morgan fingerprint density at radius 2 is 1.89 bits per heavy atom. The van der Waals surface area contributed by atoms with Crippen molar-refractivity contribution in [2.45, 2.75) is 4.90 Å². The average molecular weight is 422 g/mol. The molecule has 8 nitrogen and oxygen atoms in total. The second-order valence-electron chi connectivity index (χ2n) is 5.21. The van der Waals surface area contributed by atoms with Crippen molar-refractivity contribution in [3.05, 3.63) is 69.1 Å². The first-order valence-electron chi connectivity index (χ1n) is 7.28. The minimum Gasteiger partial charge on any atom is -0.379 e. The van der Waals surface area contributed by atoms with Gasteiger partial charge in [-0.25, -0.2) is 0 Å². The predicted molar refractivity (Wildman–Crippen MR) is 104 cm³/mol. The number of nitro groups is 1. The van der Waals surface area contributed by atoms with E-state index in [-0.39, 0.29) is 22.2 Å². The van der Waals surface area contributed by atoms with Crippen LogP contribution in [0.25, 0.3) is 6.08 Å². The highest BCUT2D eigenvalue weighted by Crippen LogP contribution is 2.27. The van der Waals surface area contributed by atoms with Gasteiger partial charge >= 0.3 is 10.1 Å². The number of amides is 1. The van der Waals surface area contributed by atoms with Crippen molar-refractivity contribution in [2.75, 3.05) is 0 Å². The molecule has 0 radical (unpaired) electrons. The second-order valence-corrected chi connectivity index (χ2v) is 8.48. The summed E-state index contributed by atoms with van der Waals surface area (Å²) in [5.41, 5.74) is 0.321. The molecule has 0 saturated carbocycles. The summed E-state index contributed by atoms with van der Waals surface area (Å²) in [4.78, 5) is 21.9. The number of thioether (sulfide) groups is 1. The average Bonchev–Trinajstić information content (AvgIpc) is 2.92. The summed E-state index contributed by atoms with van der Waals surface area (Å²) in [6, 6.07) is 10.5. The number of carbonyl (C=O) groups excluding carboxylic acids is 1. The number of nitro benzene ring substituents is 1. The van der Waals surface area contributed by atoms with E-state index >= 15 is 0 Å². The van der Waals surface area contributed by atoms with Crippen LogP contribution >= 0.6 is 24.0 Å². The Balaban J connectivity index is 1.83. The van der Waals surface area contributed by atoms with Gasteiger partial charge in [0.2, 0.25) is 0 Å². The molecule has 0 atom stereocenters. The smallest absolute Gasteiger partial charge is 0.339 e. The van der Waals surface area contributed by atoms with Gasteiger partial charge in [-0.3, -0.25) is 14.9 Å². The third kappa shape index (κ3) is 4.51. The van der Waals surface area contributed by atoms with Crippen LogP contribution in [0.4, 0.5) is 5.69 Å². The van der Waals surface area contributed by atoms with Crippen LogP contribution in [0, 0.1) is 10.1 Å². The molecule has 2 aromatic rings. The molecule has 11 heteroatoms. The highest BCUT2D eigenvalue weighted by molar-refractivity contribution is 8.26. The first-order chi connectivity index (χ1) is 12.7. The van der Waals surface area contributed by atoms with Crippen LogP contribution in [0.1, 0.15) is 5.56 Å². The number of rotatable bonds is 5. The van der Waals surface area contributed by atoms with Crippen LogP contribution < -0.4 is 9.50 Å². The molecule has 1 heterocycles. The monoisotopic (exact) mass is 422 g/mol. The second kappa shape index (κ2) is 7.47. The maximum absolute atomic E-state index is 12.3. The fourth-order valence-electron chi connectivity index (χ4n) is 2.14. The van der Waals surface area contributed by atoms with Crippen molar-refractivity contribution >= 4 is 56.1 Å². The van der Waals surface area contributed by atoms with Crippen LogP contribution in [0.15, 0.2) is 58.3 Å². The van der Waals surface area contributed by atoms with Gasteiger partial charge in [0.05, 0.1) is 9.83 Å². The van der Waals surface area contributed by atoms with Crippen molar-refractivity contribution in [1.82, 2.24) is 5.32 Å². The Kier molecular flexibility index (Phi) is 5.26. The van der Waals surface area contributed by atoms with E-state index in [4.69, 9.17) is 16.4 Å². The van der Waals surface area contributed by atoms with Crippen LogP contribution in [0.2, 0.25) is 0 Å². The minimum absolute atomic E-state index is 0.0358. The van der Waals surface area contributed by atoms with Crippen LogP contribution in [-0.2, 0) is 14.9 Å². The molecule has 1 aliphatic heterocycles. The first kappa shape index (κ1) is 19.0. The maximum Gasteiger partial charge on any atom is 0.339 e. The van der Waals surface area contributed by atoms with Gasteiger partial charge in [-0.15, -0.1) is 0 Å². The molecule has 1 fully saturated rings. The number of nitrogens with zero attached hydrogens (tertiary/aromatic N) is 1. The Morgan fingerprint density at radius 3 is 2.48 bits per heavy atom. The van der Waals surface area contributed by atoms with E-state index in [0.717, 1.165) is 36.0 Å². The van der Waals surface area contributed by atoms with Crippen molar-refractivity contribution in [3.8, 4) is 5.75 Å². The first-order valence-corrected chi connectivity index (χ1v) is 9.92. The number of non-ortho nitro benzene ring substituents is 1. The molecule has 1 N–H and O–H groups in total. The van der Waals surface area contributed by atoms with E-state index in [9.17, 15) is 23.3 Å². The fraction of sp³-hybridized carbons (Fsp3) is 0. The Morgan fingerprint density at radius 1 is 1.19 bits per heavy atom. The molecular formula is C16H10N2O6S3. The van der Waals surface area contributed by atoms with Gasteiger partial charge < -0.3 is 9.50 Å².